The highest BCUT2D eigenvalue weighted by molar-refractivity contribution is 6.09. The number of H-pyrrole nitrogens is 1. The lowest BCUT2D eigenvalue weighted by atomic mass is 10.1. The molecule has 0 saturated heterocycles. The molecule has 1 amide bonds. The molecular weight excluding hydrogens is 226 g/mol. The molecule has 3 rings (SSSR count). The van der Waals surface area contributed by atoms with Crippen LogP contribution in [0.3, 0.4) is 0 Å². The fourth-order valence-electron chi connectivity index (χ4n) is 2.29. The van der Waals surface area contributed by atoms with E-state index in [4.69, 9.17) is 5.73 Å². The maximum Gasteiger partial charge on any atom is 0.267 e. The lowest BCUT2D eigenvalue weighted by Crippen LogP contribution is -2.13. The minimum absolute atomic E-state index is 0.323. The molecule has 1 aromatic carbocycles. The van der Waals surface area contributed by atoms with Crippen molar-refractivity contribution < 1.29 is 4.79 Å². The first kappa shape index (κ1) is 10.8. The third-order valence-corrected chi connectivity index (χ3v) is 3.16. The number of para-hydroxylation sites is 1. The molecule has 0 aliphatic heterocycles. The van der Waals surface area contributed by atoms with E-state index in [1.807, 2.05) is 31.2 Å². The van der Waals surface area contributed by atoms with Crippen molar-refractivity contribution in [3.05, 3.63) is 41.7 Å². The van der Waals surface area contributed by atoms with Crippen LogP contribution >= 0.6 is 0 Å². The Morgan fingerprint density at radius 1 is 1.33 bits per heavy atom. The number of amides is 1. The summed E-state index contributed by atoms with van der Waals surface area (Å²) >= 11 is 0. The number of pyridine rings is 1. The minimum atomic E-state index is -0.489. The molecule has 0 spiro atoms. The maximum atomic E-state index is 11.3. The average Bonchev–Trinajstić information content (AvgIpc) is 2.76. The molecule has 0 aliphatic carbocycles. The molecule has 0 atom stereocenters. The van der Waals surface area contributed by atoms with E-state index in [9.17, 15) is 4.79 Å². The van der Waals surface area contributed by atoms with Crippen LogP contribution in [0.5, 0.6) is 0 Å². The molecule has 0 aliphatic rings. The van der Waals surface area contributed by atoms with E-state index in [2.05, 4.69) is 9.97 Å². The quantitative estimate of drug-likeness (QED) is 0.720. The molecule has 0 unspecified atom stereocenters. The van der Waals surface area contributed by atoms with Crippen LogP contribution in [0.2, 0.25) is 0 Å². The fourth-order valence-corrected chi connectivity index (χ4v) is 2.29. The van der Waals surface area contributed by atoms with Gasteiger partial charge < -0.3 is 10.7 Å². The van der Waals surface area contributed by atoms with Crippen molar-refractivity contribution in [3.8, 4) is 0 Å². The summed E-state index contributed by atoms with van der Waals surface area (Å²) in [4.78, 5) is 19.0. The van der Waals surface area contributed by atoms with Gasteiger partial charge in [0.2, 0.25) is 0 Å². The average molecular weight is 239 g/mol. The maximum absolute atomic E-state index is 11.3. The Balaban J connectivity index is 2.48. The minimum Gasteiger partial charge on any atom is -0.364 e. The number of aromatic amines is 1. The zero-order valence-electron chi connectivity index (χ0n) is 10.0. The van der Waals surface area contributed by atoms with E-state index in [0.717, 1.165) is 33.9 Å². The SMILES string of the molecule is CCc1nc(C(N)=O)cc2c1[nH]c1ccccc12. The normalized spacial score (nSPS) is 11.2. The van der Waals surface area contributed by atoms with Crippen LogP contribution in [0.15, 0.2) is 30.3 Å². The van der Waals surface area contributed by atoms with E-state index >= 15 is 0 Å². The monoisotopic (exact) mass is 239 g/mol. The number of aromatic nitrogens is 2. The van der Waals surface area contributed by atoms with Crippen LogP contribution < -0.4 is 5.73 Å². The molecule has 0 fully saturated rings. The molecule has 2 aromatic heterocycles. The van der Waals surface area contributed by atoms with Crippen molar-refractivity contribution in [1.29, 1.82) is 0 Å². The largest absolute Gasteiger partial charge is 0.364 e. The van der Waals surface area contributed by atoms with Crippen LogP contribution in [0.25, 0.3) is 21.8 Å². The lowest BCUT2D eigenvalue weighted by molar-refractivity contribution is 0.0995. The van der Waals surface area contributed by atoms with Crippen LogP contribution in [0, 0.1) is 0 Å². The van der Waals surface area contributed by atoms with Crippen LogP contribution in [-0.4, -0.2) is 15.9 Å². The van der Waals surface area contributed by atoms with Crippen molar-refractivity contribution in [2.45, 2.75) is 13.3 Å². The molecule has 18 heavy (non-hydrogen) atoms. The summed E-state index contributed by atoms with van der Waals surface area (Å²) in [5, 5.41) is 2.10. The summed E-state index contributed by atoms with van der Waals surface area (Å²) in [6, 6.07) is 9.75. The Kier molecular flexibility index (Phi) is 2.30. The van der Waals surface area contributed by atoms with Crippen LogP contribution in [-0.2, 0) is 6.42 Å². The molecule has 0 radical (unpaired) electrons. The Morgan fingerprint density at radius 2 is 2.11 bits per heavy atom. The first-order chi connectivity index (χ1) is 8.70. The highest BCUT2D eigenvalue weighted by Gasteiger charge is 2.12. The van der Waals surface area contributed by atoms with Gasteiger partial charge in [-0.3, -0.25) is 4.79 Å². The number of aryl methyl sites for hydroxylation is 1. The van der Waals surface area contributed by atoms with E-state index < -0.39 is 5.91 Å². The second kappa shape index (κ2) is 3.84. The number of carbonyl (C=O) groups is 1. The van der Waals surface area contributed by atoms with Crippen molar-refractivity contribution in [2.75, 3.05) is 0 Å². The Hall–Kier alpha value is -2.36. The first-order valence-electron chi connectivity index (χ1n) is 5.91. The number of hydrogen-bond donors (Lipinski definition) is 2. The summed E-state index contributed by atoms with van der Waals surface area (Å²) in [5.41, 5.74) is 8.56. The molecule has 3 aromatic rings. The number of carbonyl (C=O) groups excluding carboxylic acids is 1. The molecule has 4 heteroatoms. The second-order valence-corrected chi connectivity index (χ2v) is 4.27. The van der Waals surface area contributed by atoms with E-state index in [1.165, 1.54) is 0 Å². The van der Waals surface area contributed by atoms with Gasteiger partial charge in [0.25, 0.3) is 5.91 Å². The van der Waals surface area contributed by atoms with Gasteiger partial charge in [0.15, 0.2) is 0 Å². The second-order valence-electron chi connectivity index (χ2n) is 4.27. The number of nitrogens with two attached hydrogens (primary N) is 1. The summed E-state index contributed by atoms with van der Waals surface area (Å²) in [6.07, 6.45) is 0.754. The number of nitrogens with one attached hydrogen (secondary N) is 1. The molecule has 0 saturated carbocycles. The zero-order chi connectivity index (χ0) is 12.7. The van der Waals surface area contributed by atoms with E-state index in [-0.39, 0.29) is 0 Å². The smallest absolute Gasteiger partial charge is 0.267 e. The standard InChI is InChI=1S/C14H13N3O/c1-2-10-13-9(7-12(16-10)14(15)18)8-5-3-4-6-11(8)17-13/h3-7,17H,2H2,1H3,(H2,15,18). The highest BCUT2D eigenvalue weighted by atomic mass is 16.1. The van der Waals surface area contributed by atoms with Gasteiger partial charge in [0.05, 0.1) is 11.2 Å². The van der Waals surface area contributed by atoms with Crippen molar-refractivity contribution in [1.82, 2.24) is 9.97 Å². The number of benzene rings is 1. The summed E-state index contributed by atoms with van der Waals surface area (Å²) < 4.78 is 0. The molecule has 2 heterocycles. The number of primary amides is 1. The number of hydrogen-bond acceptors (Lipinski definition) is 2. The zero-order valence-corrected chi connectivity index (χ0v) is 10.0. The van der Waals surface area contributed by atoms with Crippen molar-refractivity contribution in [2.24, 2.45) is 5.73 Å². The topological polar surface area (TPSA) is 71.8 Å². The Labute approximate surface area is 104 Å². The van der Waals surface area contributed by atoms with Gasteiger partial charge in [-0.05, 0) is 18.6 Å². The first-order valence-corrected chi connectivity index (χ1v) is 5.91. The fraction of sp³-hybridized carbons (Fsp3) is 0.143. The predicted molar refractivity (Wildman–Crippen MR) is 71.5 cm³/mol. The Bertz CT molecular complexity index is 758. The van der Waals surface area contributed by atoms with Gasteiger partial charge in [0, 0.05) is 16.3 Å². The number of rotatable bonds is 2. The molecule has 3 N–H and O–H groups in total. The van der Waals surface area contributed by atoms with Gasteiger partial charge in [-0.25, -0.2) is 4.98 Å². The van der Waals surface area contributed by atoms with Gasteiger partial charge >= 0.3 is 0 Å². The van der Waals surface area contributed by atoms with Crippen molar-refractivity contribution in [3.63, 3.8) is 0 Å². The van der Waals surface area contributed by atoms with Gasteiger partial charge in [-0.2, -0.15) is 0 Å². The third-order valence-electron chi connectivity index (χ3n) is 3.16. The predicted octanol–water partition coefficient (Wildman–Crippen LogP) is 2.38. The lowest BCUT2D eigenvalue weighted by Gasteiger charge is -2.02. The highest BCUT2D eigenvalue weighted by Crippen LogP contribution is 2.27. The summed E-state index contributed by atoms with van der Waals surface area (Å²) in [6.45, 7) is 2.01. The van der Waals surface area contributed by atoms with Gasteiger partial charge in [0.1, 0.15) is 5.69 Å². The number of fused-ring (bicyclic) bond motifs is 3. The van der Waals surface area contributed by atoms with Gasteiger partial charge in [-0.1, -0.05) is 25.1 Å². The third kappa shape index (κ3) is 1.46. The summed E-state index contributed by atoms with van der Waals surface area (Å²) in [5.74, 6) is -0.489. The van der Waals surface area contributed by atoms with E-state index in [1.54, 1.807) is 6.07 Å². The van der Waals surface area contributed by atoms with Crippen molar-refractivity contribution >= 4 is 27.7 Å². The van der Waals surface area contributed by atoms with E-state index in [0.29, 0.717) is 5.69 Å². The molecule has 0 bridgehead atoms. The van der Waals surface area contributed by atoms with Gasteiger partial charge in [-0.15, -0.1) is 0 Å². The molecule has 4 nitrogen and oxygen atoms in total. The molecular formula is C14H13N3O. The Morgan fingerprint density at radius 3 is 2.83 bits per heavy atom. The van der Waals surface area contributed by atoms with Crippen LogP contribution in [0.1, 0.15) is 23.1 Å². The summed E-state index contributed by atoms with van der Waals surface area (Å²) in [7, 11) is 0. The molecule has 90 valence electrons. The van der Waals surface area contributed by atoms with Crippen LogP contribution in [0.4, 0.5) is 0 Å². The number of nitrogens with zero attached hydrogens (tertiary/aromatic N) is 1.